The van der Waals surface area contributed by atoms with E-state index in [-0.39, 0.29) is 14.1 Å². The Hall–Kier alpha value is -1.50. The molecule has 0 fully saturated rings. The number of nitrogens with zero attached hydrogens (tertiary/aromatic N) is 1. The van der Waals surface area contributed by atoms with Gasteiger partial charge in [-0.25, -0.2) is 4.98 Å². The fraction of sp³-hybridized carbons (Fsp3) is 0.0833. The maximum absolute atomic E-state index is 9.20. The molecule has 3 N–H and O–H groups in total. The zero-order chi connectivity index (χ0) is 12.8. The maximum atomic E-state index is 9.20. The number of hydrogen-bond acceptors (Lipinski definition) is 5. The molecule has 0 aliphatic carbocycles. The van der Waals surface area contributed by atoms with Crippen LogP contribution in [-0.4, -0.2) is 22.6 Å². The molecule has 92 valence electrons. The van der Waals surface area contributed by atoms with Crippen LogP contribution in [0.2, 0.25) is 0 Å². The van der Waals surface area contributed by atoms with Crippen molar-refractivity contribution in [2.24, 2.45) is 0 Å². The zero-order valence-electron chi connectivity index (χ0n) is 9.71. The monoisotopic (exact) mass is 260 g/mol. The lowest BCUT2D eigenvalue weighted by Gasteiger charge is -2.09. The van der Waals surface area contributed by atoms with Gasteiger partial charge >= 0.3 is 7.48 Å². The summed E-state index contributed by atoms with van der Waals surface area (Å²) in [7, 11) is -0.0837. The number of benzene rings is 1. The quantitative estimate of drug-likeness (QED) is 0.544. The average Bonchev–Trinajstić information content (AvgIpc) is 2.45. The molecule has 2 rings (SSSR count). The number of aliphatic hydroxyl groups is 1. The molecular formula is C12H13BN2O2S. The highest BCUT2D eigenvalue weighted by atomic mass is 32.2. The van der Waals surface area contributed by atoms with E-state index in [2.05, 4.69) is 9.71 Å². The smallest absolute Gasteiger partial charge is 0.305 e. The fourth-order valence-corrected chi connectivity index (χ4v) is 2.12. The molecule has 2 aromatic rings. The SMILES string of the molecule is OBc1cc(NSc2ccccn2)ccc1CO. The highest BCUT2D eigenvalue weighted by Gasteiger charge is 2.04. The summed E-state index contributed by atoms with van der Waals surface area (Å²) in [6.07, 6.45) is 1.73. The predicted molar refractivity (Wildman–Crippen MR) is 75.1 cm³/mol. The van der Waals surface area contributed by atoms with Gasteiger partial charge in [-0.15, -0.1) is 0 Å². The van der Waals surface area contributed by atoms with Gasteiger partial charge in [0.05, 0.1) is 6.61 Å². The Balaban J connectivity index is 2.06. The summed E-state index contributed by atoms with van der Waals surface area (Å²) in [5, 5.41) is 19.2. The highest BCUT2D eigenvalue weighted by molar-refractivity contribution is 8.00. The third-order valence-corrected chi connectivity index (χ3v) is 3.25. The van der Waals surface area contributed by atoms with Gasteiger partial charge in [-0.3, -0.25) is 0 Å². The summed E-state index contributed by atoms with van der Waals surface area (Å²) in [6, 6.07) is 11.2. The number of aromatic nitrogens is 1. The summed E-state index contributed by atoms with van der Waals surface area (Å²) in [5.74, 6) is 0. The van der Waals surface area contributed by atoms with E-state index < -0.39 is 0 Å². The lowest BCUT2D eigenvalue weighted by atomic mass is 9.84. The molecular weight excluding hydrogens is 247 g/mol. The lowest BCUT2D eigenvalue weighted by Crippen LogP contribution is -2.19. The minimum atomic E-state index is -0.0837. The standard InChI is InChI=1S/C12H13BN2O2S/c16-8-9-4-5-10(7-11(9)13-17)15-18-12-3-1-2-6-14-12/h1-7,13,15-17H,8H2. The van der Waals surface area contributed by atoms with Crippen LogP contribution in [0.3, 0.4) is 0 Å². The third-order valence-electron chi connectivity index (χ3n) is 2.46. The number of aliphatic hydroxyl groups excluding tert-OH is 1. The van der Waals surface area contributed by atoms with Gasteiger partial charge in [-0.2, -0.15) is 0 Å². The van der Waals surface area contributed by atoms with Gasteiger partial charge in [0.15, 0.2) is 0 Å². The van der Waals surface area contributed by atoms with E-state index in [4.69, 9.17) is 5.11 Å². The third kappa shape index (κ3) is 3.26. The van der Waals surface area contributed by atoms with Crippen molar-refractivity contribution in [1.29, 1.82) is 0 Å². The second kappa shape index (κ2) is 6.44. The normalized spacial score (nSPS) is 10.1. The molecule has 0 bridgehead atoms. The van der Waals surface area contributed by atoms with Crippen LogP contribution in [0.4, 0.5) is 5.69 Å². The number of pyridine rings is 1. The Kier molecular flexibility index (Phi) is 4.63. The van der Waals surface area contributed by atoms with Gasteiger partial charge < -0.3 is 14.9 Å². The van der Waals surface area contributed by atoms with Crippen molar-refractivity contribution < 1.29 is 10.1 Å². The van der Waals surface area contributed by atoms with Crippen LogP contribution < -0.4 is 10.2 Å². The van der Waals surface area contributed by atoms with Crippen LogP contribution in [0.25, 0.3) is 0 Å². The van der Waals surface area contributed by atoms with Crippen LogP contribution in [0.1, 0.15) is 5.56 Å². The topological polar surface area (TPSA) is 65.4 Å². The second-order valence-corrected chi connectivity index (χ2v) is 4.50. The van der Waals surface area contributed by atoms with Crippen LogP contribution in [0.5, 0.6) is 0 Å². The summed E-state index contributed by atoms with van der Waals surface area (Å²) in [6.45, 7) is -0.0659. The first-order valence-electron chi connectivity index (χ1n) is 5.51. The van der Waals surface area contributed by atoms with Crippen molar-refractivity contribution in [3.05, 3.63) is 48.2 Å². The maximum Gasteiger partial charge on any atom is 0.305 e. The summed E-state index contributed by atoms with van der Waals surface area (Å²) >= 11 is 1.40. The molecule has 18 heavy (non-hydrogen) atoms. The van der Waals surface area contributed by atoms with Crippen LogP contribution in [0, 0.1) is 0 Å². The van der Waals surface area contributed by atoms with E-state index in [1.54, 1.807) is 12.3 Å². The Morgan fingerprint density at radius 2 is 2.17 bits per heavy atom. The van der Waals surface area contributed by atoms with Gasteiger partial charge in [0, 0.05) is 23.8 Å². The minimum Gasteiger partial charge on any atom is -0.449 e. The largest absolute Gasteiger partial charge is 0.449 e. The molecule has 0 atom stereocenters. The van der Waals surface area contributed by atoms with E-state index in [0.29, 0.717) is 0 Å². The van der Waals surface area contributed by atoms with Gasteiger partial charge in [-0.1, -0.05) is 12.1 Å². The molecule has 0 aliphatic heterocycles. The molecule has 1 heterocycles. The van der Waals surface area contributed by atoms with Gasteiger partial charge in [0.2, 0.25) is 0 Å². The molecule has 0 unspecified atom stereocenters. The van der Waals surface area contributed by atoms with E-state index in [9.17, 15) is 5.02 Å². The van der Waals surface area contributed by atoms with Crippen molar-refractivity contribution in [2.75, 3.05) is 4.72 Å². The van der Waals surface area contributed by atoms with Crippen molar-refractivity contribution in [1.82, 2.24) is 4.98 Å². The predicted octanol–water partition coefficient (Wildman–Crippen LogP) is 0.662. The Morgan fingerprint density at radius 3 is 2.83 bits per heavy atom. The molecule has 1 aromatic carbocycles. The van der Waals surface area contributed by atoms with Crippen molar-refractivity contribution in [3.8, 4) is 0 Å². The fourth-order valence-electron chi connectivity index (χ4n) is 1.51. The molecule has 0 radical (unpaired) electrons. The molecule has 4 nitrogen and oxygen atoms in total. The Labute approximate surface area is 110 Å². The van der Waals surface area contributed by atoms with E-state index in [1.807, 2.05) is 30.3 Å². The van der Waals surface area contributed by atoms with Crippen LogP contribution >= 0.6 is 11.9 Å². The van der Waals surface area contributed by atoms with Crippen LogP contribution in [-0.2, 0) is 6.61 Å². The summed E-state index contributed by atoms with van der Waals surface area (Å²) in [4.78, 5) is 4.18. The number of anilines is 1. The molecule has 0 amide bonds. The Bertz CT molecular complexity index is 511. The van der Waals surface area contributed by atoms with Crippen molar-refractivity contribution >= 4 is 30.6 Å². The second-order valence-electron chi connectivity index (χ2n) is 3.67. The molecule has 0 spiro atoms. The number of nitrogens with one attached hydrogen (secondary N) is 1. The highest BCUT2D eigenvalue weighted by Crippen LogP contribution is 2.18. The van der Waals surface area contributed by atoms with Crippen molar-refractivity contribution in [3.63, 3.8) is 0 Å². The van der Waals surface area contributed by atoms with Crippen molar-refractivity contribution in [2.45, 2.75) is 11.6 Å². The molecule has 6 heteroatoms. The summed E-state index contributed by atoms with van der Waals surface area (Å²) < 4.78 is 3.15. The van der Waals surface area contributed by atoms with Gasteiger partial charge in [0.1, 0.15) is 5.03 Å². The van der Waals surface area contributed by atoms with E-state index in [0.717, 1.165) is 21.7 Å². The first-order valence-corrected chi connectivity index (χ1v) is 6.32. The van der Waals surface area contributed by atoms with Gasteiger partial charge in [-0.05, 0) is 35.3 Å². The first kappa shape index (κ1) is 12.9. The Morgan fingerprint density at radius 1 is 1.28 bits per heavy atom. The number of rotatable bonds is 5. The molecule has 1 aromatic heterocycles. The average molecular weight is 260 g/mol. The number of hydrogen-bond donors (Lipinski definition) is 3. The molecule has 0 aliphatic rings. The van der Waals surface area contributed by atoms with Crippen LogP contribution in [0.15, 0.2) is 47.6 Å². The van der Waals surface area contributed by atoms with E-state index >= 15 is 0 Å². The molecule has 0 saturated carbocycles. The van der Waals surface area contributed by atoms with Gasteiger partial charge in [0.25, 0.3) is 0 Å². The summed E-state index contributed by atoms with van der Waals surface area (Å²) in [5.41, 5.74) is 2.34. The lowest BCUT2D eigenvalue weighted by molar-refractivity contribution is 0.282. The molecule has 0 saturated heterocycles. The zero-order valence-corrected chi connectivity index (χ0v) is 10.5. The first-order chi connectivity index (χ1) is 8.83. The van der Waals surface area contributed by atoms with E-state index in [1.165, 1.54) is 11.9 Å². The minimum absolute atomic E-state index is 0.0659.